The average Bonchev–Trinajstić information content (AvgIpc) is 2.60. The van der Waals surface area contributed by atoms with Crippen molar-refractivity contribution in [2.75, 3.05) is 13.3 Å². The summed E-state index contributed by atoms with van der Waals surface area (Å²) in [6, 6.07) is 14.0. The van der Waals surface area contributed by atoms with E-state index in [0.29, 0.717) is 13.1 Å². The summed E-state index contributed by atoms with van der Waals surface area (Å²) in [5.74, 6) is 0.849. The van der Waals surface area contributed by atoms with Gasteiger partial charge in [0, 0.05) is 13.1 Å². The van der Waals surface area contributed by atoms with Gasteiger partial charge in [0.2, 0.25) is 0 Å². The van der Waals surface area contributed by atoms with E-state index >= 15 is 0 Å². The predicted octanol–water partition coefficient (Wildman–Crippen LogP) is 4.18. The molecular formula is C20H26N2O2. The lowest BCUT2D eigenvalue weighted by Crippen LogP contribution is -2.41. The number of hydrogen-bond donors (Lipinski definition) is 1. The van der Waals surface area contributed by atoms with E-state index in [-0.39, 0.29) is 12.8 Å². The molecule has 0 aliphatic carbocycles. The van der Waals surface area contributed by atoms with Crippen molar-refractivity contribution in [1.82, 2.24) is 10.2 Å². The minimum absolute atomic E-state index is 0.121. The van der Waals surface area contributed by atoms with Gasteiger partial charge in [-0.1, -0.05) is 42.5 Å². The monoisotopic (exact) mass is 326 g/mol. The first kappa shape index (κ1) is 17.9. The van der Waals surface area contributed by atoms with Crippen LogP contribution < -0.4 is 10.1 Å². The lowest BCUT2D eigenvalue weighted by molar-refractivity contribution is 0.184. The molecule has 4 nitrogen and oxygen atoms in total. The minimum atomic E-state index is -0.121. The molecular weight excluding hydrogens is 300 g/mol. The zero-order chi connectivity index (χ0) is 17.5. The first-order valence-electron chi connectivity index (χ1n) is 8.29. The number of urea groups is 1. The van der Waals surface area contributed by atoms with E-state index < -0.39 is 0 Å². The molecule has 1 N–H and O–H groups in total. The summed E-state index contributed by atoms with van der Waals surface area (Å²) in [4.78, 5) is 14.1. The largest absolute Gasteiger partial charge is 0.473 e. The first-order valence-corrected chi connectivity index (χ1v) is 8.29. The smallest absolute Gasteiger partial charge is 0.320 e. The second-order valence-corrected chi connectivity index (χ2v) is 5.92. The molecule has 0 aliphatic heterocycles. The normalized spacial score (nSPS) is 10.3. The minimum Gasteiger partial charge on any atom is -0.473 e. The Bertz CT molecular complexity index is 684. The van der Waals surface area contributed by atoms with E-state index in [1.54, 1.807) is 4.90 Å². The van der Waals surface area contributed by atoms with Crippen LogP contribution >= 0.6 is 0 Å². The van der Waals surface area contributed by atoms with Crippen LogP contribution in [0, 0.1) is 20.8 Å². The summed E-state index contributed by atoms with van der Waals surface area (Å²) in [6.07, 6.45) is 0. The van der Waals surface area contributed by atoms with Crippen molar-refractivity contribution in [3.05, 3.63) is 64.7 Å². The van der Waals surface area contributed by atoms with Gasteiger partial charge in [0.25, 0.3) is 0 Å². The number of carbonyl (C=O) groups excluding carboxylic acids is 1. The molecule has 2 amide bonds. The van der Waals surface area contributed by atoms with E-state index in [2.05, 4.69) is 18.3 Å². The molecule has 0 heterocycles. The fourth-order valence-electron chi connectivity index (χ4n) is 2.56. The molecule has 0 bridgehead atoms. The highest BCUT2D eigenvalue weighted by molar-refractivity contribution is 5.74. The van der Waals surface area contributed by atoms with Crippen LogP contribution in [0.25, 0.3) is 0 Å². The van der Waals surface area contributed by atoms with Crippen LogP contribution in [0.15, 0.2) is 42.5 Å². The fourth-order valence-corrected chi connectivity index (χ4v) is 2.56. The zero-order valence-electron chi connectivity index (χ0n) is 14.9. The number of rotatable bonds is 6. The summed E-state index contributed by atoms with van der Waals surface area (Å²) in [6.45, 7) is 9.46. The van der Waals surface area contributed by atoms with Gasteiger partial charge in [-0.3, -0.25) is 0 Å². The molecule has 4 heteroatoms. The molecule has 2 aromatic carbocycles. The van der Waals surface area contributed by atoms with E-state index in [1.165, 1.54) is 5.56 Å². The topological polar surface area (TPSA) is 41.6 Å². The molecule has 0 atom stereocenters. The molecule has 2 aromatic rings. The molecule has 24 heavy (non-hydrogen) atoms. The number of hydrogen-bond acceptors (Lipinski definition) is 2. The number of benzene rings is 2. The van der Waals surface area contributed by atoms with Crippen LogP contribution in [0.4, 0.5) is 4.79 Å². The van der Waals surface area contributed by atoms with Gasteiger partial charge >= 0.3 is 6.03 Å². The van der Waals surface area contributed by atoms with Crippen molar-refractivity contribution in [2.24, 2.45) is 0 Å². The molecule has 0 saturated heterocycles. The highest BCUT2D eigenvalue weighted by Crippen LogP contribution is 2.25. The molecule has 0 fully saturated rings. The van der Waals surface area contributed by atoms with E-state index in [0.717, 1.165) is 22.4 Å². The zero-order valence-corrected chi connectivity index (χ0v) is 14.9. The Labute approximate surface area is 144 Å². The Hall–Kier alpha value is -2.49. The lowest BCUT2D eigenvalue weighted by Gasteiger charge is -2.22. The fraction of sp³-hybridized carbons (Fsp3) is 0.350. The maximum absolute atomic E-state index is 12.3. The summed E-state index contributed by atoms with van der Waals surface area (Å²) < 4.78 is 5.81. The first-order chi connectivity index (χ1) is 11.5. The number of aryl methyl sites for hydroxylation is 2. The molecule has 0 unspecified atom stereocenters. The highest BCUT2D eigenvalue weighted by Gasteiger charge is 2.12. The molecule has 128 valence electrons. The molecule has 0 radical (unpaired) electrons. The SMILES string of the molecule is CCN(Cc1ccccc1)C(=O)NCOc1c(C)ccc(C)c1C. The molecule has 0 aliphatic rings. The van der Waals surface area contributed by atoms with Crippen molar-refractivity contribution in [3.63, 3.8) is 0 Å². The number of carbonyl (C=O) groups is 1. The third-order valence-corrected chi connectivity index (χ3v) is 4.20. The summed E-state index contributed by atoms with van der Waals surface area (Å²) in [7, 11) is 0. The van der Waals surface area contributed by atoms with Gasteiger partial charge in [0.1, 0.15) is 5.75 Å². The molecule has 0 saturated carbocycles. The maximum atomic E-state index is 12.3. The van der Waals surface area contributed by atoms with Gasteiger partial charge in [-0.05, 0) is 49.9 Å². The number of ether oxygens (including phenoxy) is 1. The second kappa shape index (κ2) is 8.39. The van der Waals surface area contributed by atoms with E-state index in [9.17, 15) is 4.79 Å². The Kier molecular flexibility index (Phi) is 6.24. The standard InChI is InChI=1S/C20H26N2O2/c1-5-22(13-18-9-7-6-8-10-18)20(23)21-14-24-19-16(3)12-11-15(2)17(19)4/h6-12H,5,13-14H2,1-4H3,(H,21,23). The van der Waals surface area contributed by atoms with E-state index in [1.807, 2.05) is 57.2 Å². The number of nitrogens with zero attached hydrogens (tertiary/aromatic N) is 1. The van der Waals surface area contributed by atoms with Crippen molar-refractivity contribution >= 4 is 6.03 Å². The Morgan fingerprint density at radius 1 is 1.04 bits per heavy atom. The van der Waals surface area contributed by atoms with Crippen LogP contribution in [-0.2, 0) is 6.54 Å². The predicted molar refractivity (Wildman–Crippen MR) is 97.2 cm³/mol. The van der Waals surface area contributed by atoms with Crippen molar-refractivity contribution in [2.45, 2.75) is 34.2 Å². The highest BCUT2D eigenvalue weighted by atomic mass is 16.5. The van der Waals surface area contributed by atoms with Crippen LogP contribution in [0.1, 0.15) is 29.2 Å². The van der Waals surface area contributed by atoms with Gasteiger partial charge in [-0.15, -0.1) is 0 Å². The summed E-state index contributed by atoms with van der Waals surface area (Å²) >= 11 is 0. The van der Waals surface area contributed by atoms with Gasteiger partial charge < -0.3 is 15.0 Å². The number of amides is 2. The second-order valence-electron chi connectivity index (χ2n) is 5.92. The maximum Gasteiger partial charge on any atom is 0.320 e. The average molecular weight is 326 g/mol. The lowest BCUT2D eigenvalue weighted by atomic mass is 10.1. The van der Waals surface area contributed by atoms with Crippen molar-refractivity contribution < 1.29 is 9.53 Å². The Balaban J connectivity index is 1.91. The van der Waals surface area contributed by atoms with Crippen LogP contribution in [0.3, 0.4) is 0 Å². The summed E-state index contributed by atoms with van der Waals surface area (Å²) in [5.41, 5.74) is 4.48. The van der Waals surface area contributed by atoms with Crippen molar-refractivity contribution in [1.29, 1.82) is 0 Å². The van der Waals surface area contributed by atoms with Gasteiger partial charge in [-0.25, -0.2) is 4.79 Å². The van der Waals surface area contributed by atoms with Crippen molar-refractivity contribution in [3.8, 4) is 5.75 Å². The van der Waals surface area contributed by atoms with Crippen LogP contribution in [0.2, 0.25) is 0 Å². The van der Waals surface area contributed by atoms with Gasteiger partial charge in [0.05, 0.1) is 0 Å². The van der Waals surface area contributed by atoms with Crippen LogP contribution in [-0.4, -0.2) is 24.2 Å². The third-order valence-electron chi connectivity index (χ3n) is 4.20. The number of nitrogens with one attached hydrogen (secondary N) is 1. The third kappa shape index (κ3) is 4.51. The van der Waals surface area contributed by atoms with Gasteiger partial charge in [0.15, 0.2) is 6.73 Å². The quantitative estimate of drug-likeness (QED) is 0.809. The molecule has 0 spiro atoms. The molecule has 2 rings (SSSR count). The Morgan fingerprint density at radius 3 is 2.38 bits per heavy atom. The van der Waals surface area contributed by atoms with Crippen LogP contribution in [0.5, 0.6) is 5.75 Å². The molecule has 0 aromatic heterocycles. The summed E-state index contributed by atoms with van der Waals surface area (Å²) in [5, 5.41) is 2.84. The van der Waals surface area contributed by atoms with Gasteiger partial charge in [-0.2, -0.15) is 0 Å². The van der Waals surface area contributed by atoms with E-state index in [4.69, 9.17) is 4.74 Å². The Morgan fingerprint density at radius 2 is 1.71 bits per heavy atom.